The number of ether oxygens (including phenoxy) is 1. The van der Waals surface area contributed by atoms with E-state index in [-0.39, 0.29) is 0 Å². The summed E-state index contributed by atoms with van der Waals surface area (Å²) >= 11 is 0. The maximum Gasteiger partial charge on any atom is 0.358 e. The maximum absolute atomic E-state index is 11.2. The highest BCUT2D eigenvalue weighted by Crippen LogP contribution is 2.10. The van der Waals surface area contributed by atoms with Crippen LogP contribution in [0, 0.1) is 6.92 Å². The van der Waals surface area contributed by atoms with Crippen molar-refractivity contribution in [3.05, 3.63) is 35.8 Å². The fraction of sp³-hybridized carbons (Fsp3) is 0.200. The van der Waals surface area contributed by atoms with E-state index in [9.17, 15) is 4.79 Å². The van der Waals surface area contributed by atoms with E-state index in [0.29, 0.717) is 5.69 Å². The Morgan fingerprint density at radius 3 is 3.00 bits per heavy atom. The number of esters is 1. The Labute approximate surface area is 81.1 Å². The van der Waals surface area contributed by atoms with Gasteiger partial charge in [0.05, 0.1) is 7.11 Å². The van der Waals surface area contributed by atoms with Crippen LogP contribution in [0.2, 0.25) is 0 Å². The second kappa shape index (κ2) is 3.14. The highest BCUT2D eigenvalue weighted by molar-refractivity contribution is 5.87. The van der Waals surface area contributed by atoms with Gasteiger partial charge in [0.15, 0.2) is 5.69 Å². The van der Waals surface area contributed by atoms with E-state index in [1.165, 1.54) is 7.11 Å². The summed E-state index contributed by atoms with van der Waals surface area (Å²) in [5, 5.41) is 0. The minimum Gasteiger partial charge on any atom is -0.464 e. The van der Waals surface area contributed by atoms with Crippen molar-refractivity contribution in [2.75, 3.05) is 7.11 Å². The number of fused-ring (bicyclic) bond motifs is 1. The highest BCUT2D eigenvalue weighted by Gasteiger charge is 2.10. The van der Waals surface area contributed by atoms with E-state index in [1.54, 1.807) is 6.20 Å². The molecule has 0 aliphatic carbocycles. The third-order valence-electron chi connectivity index (χ3n) is 2.07. The summed E-state index contributed by atoms with van der Waals surface area (Å²) in [5.74, 6) is -0.409. The number of aryl methyl sites for hydroxylation is 1. The normalized spacial score (nSPS) is 10.4. The molecule has 0 aliphatic rings. The van der Waals surface area contributed by atoms with E-state index >= 15 is 0 Å². The van der Waals surface area contributed by atoms with Crippen LogP contribution in [-0.4, -0.2) is 22.5 Å². The Kier molecular flexibility index (Phi) is 1.96. The number of methoxy groups -OCH3 is 1. The Morgan fingerprint density at radius 1 is 1.57 bits per heavy atom. The van der Waals surface area contributed by atoms with Gasteiger partial charge in [0.25, 0.3) is 0 Å². The monoisotopic (exact) mass is 190 g/mol. The molecule has 0 radical (unpaired) electrons. The predicted molar refractivity (Wildman–Crippen MR) is 51.3 cm³/mol. The largest absolute Gasteiger partial charge is 0.464 e. The van der Waals surface area contributed by atoms with Crippen LogP contribution in [0.15, 0.2) is 24.5 Å². The second-order valence-corrected chi connectivity index (χ2v) is 3.04. The Balaban J connectivity index is 2.62. The number of pyridine rings is 1. The number of aromatic nitrogens is 2. The summed E-state index contributed by atoms with van der Waals surface area (Å²) in [4.78, 5) is 15.4. The topological polar surface area (TPSA) is 43.6 Å². The predicted octanol–water partition coefficient (Wildman–Crippen LogP) is 1.43. The van der Waals surface area contributed by atoms with Crippen molar-refractivity contribution in [3.63, 3.8) is 0 Å². The maximum atomic E-state index is 11.2. The first-order valence-corrected chi connectivity index (χ1v) is 4.25. The van der Waals surface area contributed by atoms with Crippen molar-refractivity contribution in [1.82, 2.24) is 9.38 Å². The summed E-state index contributed by atoms with van der Waals surface area (Å²) in [6.07, 6.45) is 3.51. The third-order valence-corrected chi connectivity index (χ3v) is 2.07. The fourth-order valence-electron chi connectivity index (χ4n) is 1.36. The first kappa shape index (κ1) is 8.74. The van der Waals surface area contributed by atoms with Crippen molar-refractivity contribution in [2.45, 2.75) is 6.92 Å². The highest BCUT2D eigenvalue weighted by atomic mass is 16.5. The number of imidazole rings is 1. The molecule has 0 unspecified atom stereocenters. The molecule has 4 nitrogen and oxygen atoms in total. The summed E-state index contributed by atoms with van der Waals surface area (Å²) in [6, 6.07) is 3.86. The minimum absolute atomic E-state index is 0.335. The van der Waals surface area contributed by atoms with E-state index in [0.717, 1.165) is 11.2 Å². The van der Waals surface area contributed by atoms with E-state index < -0.39 is 5.97 Å². The number of rotatable bonds is 1. The van der Waals surface area contributed by atoms with Gasteiger partial charge in [-0.3, -0.25) is 0 Å². The van der Waals surface area contributed by atoms with Crippen molar-refractivity contribution in [2.24, 2.45) is 0 Å². The van der Waals surface area contributed by atoms with Gasteiger partial charge in [0.2, 0.25) is 0 Å². The SMILES string of the molecule is COC(=O)c1cn2cccc(C)c2n1. The zero-order chi connectivity index (χ0) is 10.1. The molecule has 2 aromatic heterocycles. The standard InChI is InChI=1S/C10H10N2O2/c1-7-4-3-5-12-6-8(10(13)14-2)11-9(7)12/h3-6H,1-2H3. The molecule has 14 heavy (non-hydrogen) atoms. The summed E-state index contributed by atoms with van der Waals surface area (Å²) < 4.78 is 6.40. The molecule has 0 N–H and O–H groups in total. The van der Waals surface area contributed by atoms with Crippen LogP contribution in [0.1, 0.15) is 16.1 Å². The van der Waals surface area contributed by atoms with Crippen molar-refractivity contribution >= 4 is 11.6 Å². The smallest absolute Gasteiger partial charge is 0.358 e. The lowest BCUT2D eigenvalue weighted by Gasteiger charge is -1.93. The molecule has 0 fully saturated rings. The van der Waals surface area contributed by atoms with Crippen molar-refractivity contribution < 1.29 is 9.53 Å². The molecule has 0 spiro atoms. The van der Waals surface area contributed by atoms with E-state index in [2.05, 4.69) is 9.72 Å². The lowest BCUT2D eigenvalue weighted by molar-refractivity contribution is 0.0595. The summed E-state index contributed by atoms with van der Waals surface area (Å²) in [5.41, 5.74) is 2.15. The van der Waals surface area contributed by atoms with Crippen LogP contribution in [0.4, 0.5) is 0 Å². The van der Waals surface area contributed by atoms with Gasteiger partial charge in [-0.05, 0) is 18.6 Å². The van der Waals surface area contributed by atoms with Gasteiger partial charge in [0, 0.05) is 12.4 Å². The van der Waals surface area contributed by atoms with Gasteiger partial charge < -0.3 is 9.14 Å². The zero-order valence-corrected chi connectivity index (χ0v) is 8.02. The zero-order valence-electron chi connectivity index (χ0n) is 8.02. The van der Waals surface area contributed by atoms with E-state index in [1.807, 2.05) is 29.7 Å². The number of nitrogens with zero attached hydrogens (tertiary/aromatic N) is 2. The van der Waals surface area contributed by atoms with Crippen LogP contribution < -0.4 is 0 Å². The van der Waals surface area contributed by atoms with Crippen molar-refractivity contribution in [1.29, 1.82) is 0 Å². The van der Waals surface area contributed by atoms with Gasteiger partial charge in [-0.1, -0.05) is 6.07 Å². The lowest BCUT2D eigenvalue weighted by atomic mass is 10.3. The summed E-state index contributed by atoms with van der Waals surface area (Å²) in [7, 11) is 1.35. The van der Waals surface area contributed by atoms with Crippen LogP contribution in [0.3, 0.4) is 0 Å². The molecular weight excluding hydrogens is 180 g/mol. The number of carbonyl (C=O) groups excluding carboxylic acids is 1. The molecule has 0 aromatic carbocycles. The molecule has 2 aromatic rings. The van der Waals surface area contributed by atoms with Gasteiger partial charge >= 0.3 is 5.97 Å². The van der Waals surface area contributed by atoms with Crippen LogP contribution >= 0.6 is 0 Å². The van der Waals surface area contributed by atoms with Crippen LogP contribution in [-0.2, 0) is 4.74 Å². The average Bonchev–Trinajstić information content (AvgIpc) is 2.62. The molecule has 72 valence electrons. The number of carbonyl (C=O) groups is 1. The van der Waals surface area contributed by atoms with Crippen LogP contribution in [0.25, 0.3) is 5.65 Å². The fourth-order valence-corrected chi connectivity index (χ4v) is 1.36. The van der Waals surface area contributed by atoms with Crippen LogP contribution in [0.5, 0.6) is 0 Å². The first-order valence-electron chi connectivity index (χ1n) is 4.25. The Morgan fingerprint density at radius 2 is 2.36 bits per heavy atom. The molecular formula is C10H10N2O2. The number of hydrogen-bond acceptors (Lipinski definition) is 3. The van der Waals surface area contributed by atoms with Gasteiger partial charge in [-0.25, -0.2) is 9.78 Å². The molecule has 0 bridgehead atoms. The number of hydrogen-bond donors (Lipinski definition) is 0. The molecule has 0 aliphatic heterocycles. The molecule has 4 heteroatoms. The lowest BCUT2D eigenvalue weighted by Crippen LogP contribution is -2.00. The average molecular weight is 190 g/mol. The molecule has 0 amide bonds. The van der Waals surface area contributed by atoms with Crippen molar-refractivity contribution in [3.8, 4) is 0 Å². The molecule has 2 heterocycles. The quantitative estimate of drug-likeness (QED) is 0.639. The van der Waals surface area contributed by atoms with Gasteiger partial charge in [-0.15, -0.1) is 0 Å². The second-order valence-electron chi connectivity index (χ2n) is 3.04. The van der Waals surface area contributed by atoms with E-state index in [4.69, 9.17) is 0 Å². The Bertz CT molecular complexity index is 488. The molecule has 0 atom stereocenters. The first-order chi connectivity index (χ1) is 6.72. The molecule has 2 rings (SSSR count). The summed E-state index contributed by atoms with van der Waals surface area (Å²) in [6.45, 7) is 1.95. The molecule has 0 saturated heterocycles. The van der Waals surface area contributed by atoms with Gasteiger partial charge in [0.1, 0.15) is 5.65 Å². The van der Waals surface area contributed by atoms with Gasteiger partial charge in [-0.2, -0.15) is 0 Å². The molecule has 0 saturated carbocycles. The minimum atomic E-state index is -0.409. The Hall–Kier alpha value is -1.84. The third kappa shape index (κ3) is 1.25.